The van der Waals surface area contributed by atoms with E-state index in [9.17, 15) is 0 Å². The van der Waals surface area contributed by atoms with Crippen molar-refractivity contribution in [3.63, 3.8) is 0 Å². The molecule has 1 heterocycles. The van der Waals surface area contributed by atoms with Crippen LogP contribution >= 0.6 is 0 Å². The number of rotatable bonds is 5. The van der Waals surface area contributed by atoms with Crippen LogP contribution in [0.2, 0.25) is 0 Å². The average molecular weight is 235 g/mol. The molecule has 1 aliphatic rings. The van der Waals surface area contributed by atoms with E-state index in [0.29, 0.717) is 6.10 Å². The quantitative estimate of drug-likeness (QED) is 0.852. The number of anilines is 1. The third-order valence-corrected chi connectivity index (χ3v) is 3.19. The molecule has 1 fully saturated rings. The van der Waals surface area contributed by atoms with Crippen molar-refractivity contribution in [1.29, 1.82) is 0 Å². The molecule has 1 aliphatic carbocycles. The molecular weight excluding hydrogens is 214 g/mol. The number of nitrogens with one attached hydrogen (secondary N) is 1. The topological polar surface area (TPSA) is 47.0 Å². The third-order valence-electron chi connectivity index (χ3n) is 3.19. The van der Waals surface area contributed by atoms with Gasteiger partial charge in [0, 0.05) is 13.5 Å². The Morgan fingerprint density at radius 1 is 1.35 bits per heavy atom. The minimum Gasteiger partial charge on any atom is -0.474 e. The summed E-state index contributed by atoms with van der Waals surface area (Å²) in [7, 11) is 1.89. The van der Waals surface area contributed by atoms with Crippen molar-refractivity contribution in [2.45, 2.75) is 52.1 Å². The summed E-state index contributed by atoms with van der Waals surface area (Å²) in [5.74, 6) is 2.52. The molecule has 0 aromatic carbocycles. The van der Waals surface area contributed by atoms with Crippen LogP contribution in [0.1, 0.15) is 44.0 Å². The second kappa shape index (κ2) is 5.34. The number of nitrogens with zero attached hydrogens (tertiary/aromatic N) is 2. The summed E-state index contributed by atoms with van der Waals surface area (Å²) in [6.45, 7) is 4.14. The summed E-state index contributed by atoms with van der Waals surface area (Å²) in [6.07, 6.45) is 5.89. The fraction of sp³-hybridized carbons (Fsp3) is 0.692. The Hall–Kier alpha value is -1.32. The van der Waals surface area contributed by atoms with Gasteiger partial charge in [-0.25, -0.2) is 4.98 Å². The first kappa shape index (κ1) is 12.1. The van der Waals surface area contributed by atoms with E-state index in [-0.39, 0.29) is 0 Å². The van der Waals surface area contributed by atoms with Gasteiger partial charge in [0.2, 0.25) is 5.88 Å². The van der Waals surface area contributed by atoms with Gasteiger partial charge in [-0.1, -0.05) is 6.92 Å². The molecule has 1 N–H and O–H groups in total. The number of ether oxygens (including phenoxy) is 1. The number of hydrogen-bond acceptors (Lipinski definition) is 4. The molecule has 0 bridgehead atoms. The molecular formula is C13H21N3O. The summed E-state index contributed by atoms with van der Waals surface area (Å²) in [5, 5.41) is 3.11. The standard InChI is InChI=1S/C13H21N3O/c1-4-6-11-15-12(14-3)9(2)13(16-11)17-10-7-5-8-10/h10H,4-8H2,1-3H3,(H,14,15,16). The van der Waals surface area contributed by atoms with Crippen molar-refractivity contribution >= 4 is 5.82 Å². The highest BCUT2D eigenvalue weighted by atomic mass is 16.5. The maximum Gasteiger partial charge on any atom is 0.222 e. The molecule has 0 atom stereocenters. The van der Waals surface area contributed by atoms with Gasteiger partial charge >= 0.3 is 0 Å². The van der Waals surface area contributed by atoms with Crippen LogP contribution in [0.5, 0.6) is 5.88 Å². The largest absolute Gasteiger partial charge is 0.474 e. The lowest BCUT2D eigenvalue weighted by atomic mass is 9.96. The predicted molar refractivity (Wildman–Crippen MR) is 68.6 cm³/mol. The van der Waals surface area contributed by atoms with Crippen LogP contribution in [0.3, 0.4) is 0 Å². The van der Waals surface area contributed by atoms with Gasteiger partial charge in [0.15, 0.2) is 0 Å². The van der Waals surface area contributed by atoms with E-state index < -0.39 is 0 Å². The lowest BCUT2D eigenvalue weighted by molar-refractivity contribution is 0.113. The molecule has 0 unspecified atom stereocenters. The molecule has 2 rings (SSSR count). The van der Waals surface area contributed by atoms with Crippen LogP contribution in [0.25, 0.3) is 0 Å². The van der Waals surface area contributed by atoms with Crippen LogP contribution in [0.4, 0.5) is 5.82 Å². The van der Waals surface area contributed by atoms with E-state index in [0.717, 1.165) is 48.8 Å². The molecule has 0 spiro atoms. The van der Waals surface area contributed by atoms with E-state index in [1.807, 2.05) is 14.0 Å². The average Bonchev–Trinajstić information content (AvgIpc) is 2.27. The van der Waals surface area contributed by atoms with Crippen molar-refractivity contribution in [3.8, 4) is 5.88 Å². The van der Waals surface area contributed by atoms with Crippen LogP contribution in [-0.2, 0) is 6.42 Å². The molecule has 94 valence electrons. The zero-order valence-corrected chi connectivity index (χ0v) is 10.9. The lowest BCUT2D eigenvalue weighted by Crippen LogP contribution is -2.25. The van der Waals surface area contributed by atoms with Crippen LogP contribution in [0, 0.1) is 6.92 Å². The van der Waals surface area contributed by atoms with Gasteiger partial charge in [-0.3, -0.25) is 0 Å². The van der Waals surface area contributed by atoms with E-state index in [2.05, 4.69) is 22.2 Å². The van der Waals surface area contributed by atoms with Gasteiger partial charge in [0.1, 0.15) is 17.7 Å². The number of aromatic nitrogens is 2. The lowest BCUT2D eigenvalue weighted by Gasteiger charge is -2.26. The van der Waals surface area contributed by atoms with Crippen LogP contribution in [0.15, 0.2) is 0 Å². The van der Waals surface area contributed by atoms with E-state index in [4.69, 9.17) is 4.74 Å². The molecule has 1 saturated carbocycles. The van der Waals surface area contributed by atoms with Gasteiger partial charge in [-0.2, -0.15) is 4.98 Å². The molecule has 0 aliphatic heterocycles. The summed E-state index contributed by atoms with van der Waals surface area (Å²) in [5.41, 5.74) is 1.01. The maximum atomic E-state index is 5.92. The Morgan fingerprint density at radius 2 is 2.12 bits per heavy atom. The van der Waals surface area contributed by atoms with Crippen LogP contribution < -0.4 is 10.1 Å². The Bertz CT molecular complexity index is 388. The number of hydrogen-bond donors (Lipinski definition) is 1. The van der Waals surface area contributed by atoms with Gasteiger partial charge in [0.05, 0.1) is 5.56 Å². The smallest absolute Gasteiger partial charge is 0.222 e. The monoisotopic (exact) mass is 235 g/mol. The Labute approximate surface area is 103 Å². The van der Waals surface area contributed by atoms with Gasteiger partial charge < -0.3 is 10.1 Å². The number of aryl methyl sites for hydroxylation is 1. The molecule has 1 aromatic heterocycles. The highest BCUT2D eigenvalue weighted by Gasteiger charge is 2.21. The van der Waals surface area contributed by atoms with Gasteiger partial charge in [-0.15, -0.1) is 0 Å². The summed E-state index contributed by atoms with van der Waals surface area (Å²) in [6, 6.07) is 0. The summed E-state index contributed by atoms with van der Waals surface area (Å²) < 4.78 is 5.92. The Balaban J connectivity index is 2.23. The maximum absolute atomic E-state index is 5.92. The van der Waals surface area contributed by atoms with Crippen molar-refractivity contribution in [2.24, 2.45) is 0 Å². The van der Waals surface area contributed by atoms with Gasteiger partial charge in [-0.05, 0) is 32.6 Å². The van der Waals surface area contributed by atoms with E-state index in [1.165, 1.54) is 6.42 Å². The summed E-state index contributed by atoms with van der Waals surface area (Å²) in [4.78, 5) is 9.01. The zero-order valence-electron chi connectivity index (χ0n) is 10.9. The first-order chi connectivity index (χ1) is 8.24. The molecule has 0 saturated heterocycles. The minimum absolute atomic E-state index is 0.364. The van der Waals surface area contributed by atoms with Crippen molar-refractivity contribution in [2.75, 3.05) is 12.4 Å². The molecule has 4 nitrogen and oxygen atoms in total. The normalized spacial score (nSPS) is 15.5. The molecule has 0 radical (unpaired) electrons. The van der Waals surface area contributed by atoms with Crippen molar-refractivity contribution in [1.82, 2.24) is 9.97 Å². The highest BCUT2D eigenvalue weighted by Crippen LogP contribution is 2.28. The first-order valence-corrected chi connectivity index (χ1v) is 6.46. The van der Waals surface area contributed by atoms with E-state index in [1.54, 1.807) is 0 Å². The molecule has 4 heteroatoms. The molecule has 0 amide bonds. The van der Waals surface area contributed by atoms with Crippen LogP contribution in [-0.4, -0.2) is 23.1 Å². The second-order valence-corrected chi connectivity index (χ2v) is 4.59. The predicted octanol–water partition coefficient (Wildman–Crippen LogP) is 2.71. The zero-order chi connectivity index (χ0) is 12.3. The first-order valence-electron chi connectivity index (χ1n) is 6.46. The SMILES string of the molecule is CCCc1nc(NC)c(C)c(OC2CCC2)n1. The Kier molecular flexibility index (Phi) is 3.82. The van der Waals surface area contributed by atoms with Crippen molar-refractivity contribution < 1.29 is 4.74 Å². The third kappa shape index (κ3) is 2.68. The minimum atomic E-state index is 0.364. The fourth-order valence-corrected chi connectivity index (χ4v) is 1.88. The molecule has 1 aromatic rings. The second-order valence-electron chi connectivity index (χ2n) is 4.59. The van der Waals surface area contributed by atoms with Crippen molar-refractivity contribution in [3.05, 3.63) is 11.4 Å². The van der Waals surface area contributed by atoms with E-state index >= 15 is 0 Å². The van der Waals surface area contributed by atoms with Gasteiger partial charge in [0.25, 0.3) is 0 Å². The molecule has 17 heavy (non-hydrogen) atoms. The Morgan fingerprint density at radius 3 is 2.65 bits per heavy atom. The fourth-order valence-electron chi connectivity index (χ4n) is 1.88. The highest BCUT2D eigenvalue weighted by molar-refractivity contribution is 5.48. The summed E-state index contributed by atoms with van der Waals surface area (Å²) >= 11 is 0.